The molecule has 2 unspecified atom stereocenters. The topological polar surface area (TPSA) is 54.4 Å². The standard InChI is InChI=1S/C14H30O3S/c1-4-10-13(2)11-8-6-5-7-9-12-14(3)18(15,16)17/h13-14H,4-12H2,1-3H3,(H,15,16,17). The summed E-state index contributed by atoms with van der Waals surface area (Å²) in [4.78, 5) is 0. The molecule has 0 heterocycles. The normalized spacial score (nSPS) is 15.6. The number of hydrogen-bond donors (Lipinski definition) is 1. The minimum absolute atomic E-state index is 0.574. The first-order chi connectivity index (χ1) is 8.38. The van der Waals surface area contributed by atoms with Gasteiger partial charge in [0.05, 0.1) is 5.25 Å². The lowest BCUT2D eigenvalue weighted by molar-refractivity contribution is 0.446. The molecule has 0 aromatic heterocycles. The second-order valence-corrected chi connectivity index (χ2v) is 7.40. The fourth-order valence-electron chi connectivity index (χ4n) is 2.24. The van der Waals surface area contributed by atoms with Crippen molar-refractivity contribution in [2.75, 3.05) is 0 Å². The molecule has 0 aromatic rings. The van der Waals surface area contributed by atoms with Gasteiger partial charge in [-0.2, -0.15) is 8.42 Å². The molecule has 3 nitrogen and oxygen atoms in total. The zero-order valence-corrected chi connectivity index (χ0v) is 13.0. The van der Waals surface area contributed by atoms with Crippen molar-refractivity contribution >= 4 is 10.1 Å². The molecule has 0 bridgehead atoms. The zero-order chi connectivity index (χ0) is 14.0. The van der Waals surface area contributed by atoms with Gasteiger partial charge in [-0.05, 0) is 19.3 Å². The van der Waals surface area contributed by atoms with Crippen molar-refractivity contribution in [2.45, 2.75) is 83.8 Å². The van der Waals surface area contributed by atoms with Crippen molar-refractivity contribution in [1.82, 2.24) is 0 Å². The van der Waals surface area contributed by atoms with Crippen molar-refractivity contribution in [1.29, 1.82) is 0 Å². The molecule has 0 rings (SSSR count). The van der Waals surface area contributed by atoms with Gasteiger partial charge in [0, 0.05) is 0 Å². The summed E-state index contributed by atoms with van der Waals surface area (Å²) >= 11 is 0. The SMILES string of the molecule is CCCC(C)CCCCCCCC(C)S(=O)(=O)O. The lowest BCUT2D eigenvalue weighted by atomic mass is 9.98. The second-order valence-electron chi connectivity index (χ2n) is 5.56. The van der Waals surface area contributed by atoms with Gasteiger partial charge in [-0.1, -0.05) is 65.2 Å². The molecule has 0 aromatic carbocycles. The predicted molar refractivity (Wildman–Crippen MR) is 77.4 cm³/mol. The summed E-state index contributed by atoms with van der Waals surface area (Å²) in [6.45, 7) is 6.12. The van der Waals surface area contributed by atoms with E-state index in [0.717, 1.165) is 18.8 Å². The van der Waals surface area contributed by atoms with E-state index >= 15 is 0 Å². The Bertz CT molecular complexity index is 285. The largest absolute Gasteiger partial charge is 0.285 e. The summed E-state index contributed by atoms with van der Waals surface area (Å²) in [6.07, 6.45) is 10.2. The molecule has 2 atom stereocenters. The first-order valence-corrected chi connectivity index (χ1v) is 8.84. The van der Waals surface area contributed by atoms with Crippen molar-refractivity contribution in [3.05, 3.63) is 0 Å². The molecule has 0 saturated carbocycles. The molecular formula is C14H30O3S. The van der Waals surface area contributed by atoms with Crippen LogP contribution in [0.25, 0.3) is 0 Å². The molecule has 0 amide bonds. The lowest BCUT2D eigenvalue weighted by Crippen LogP contribution is -2.16. The fourth-order valence-corrected chi connectivity index (χ4v) is 2.71. The fraction of sp³-hybridized carbons (Fsp3) is 1.00. The third-order valence-electron chi connectivity index (χ3n) is 3.60. The Morgan fingerprint density at radius 1 is 0.889 bits per heavy atom. The maximum Gasteiger partial charge on any atom is 0.267 e. The Labute approximate surface area is 113 Å². The molecule has 0 saturated heterocycles. The highest BCUT2D eigenvalue weighted by Gasteiger charge is 2.15. The Morgan fingerprint density at radius 3 is 1.89 bits per heavy atom. The molecule has 4 heteroatoms. The molecular weight excluding hydrogens is 248 g/mol. The van der Waals surface area contributed by atoms with Crippen LogP contribution in [0.4, 0.5) is 0 Å². The average Bonchev–Trinajstić information content (AvgIpc) is 2.26. The van der Waals surface area contributed by atoms with Gasteiger partial charge in [-0.25, -0.2) is 0 Å². The number of unbranched alkanes of at least 4 members (excludes halogenated alkanes) is 4. The third-order valence-corrected chi connectivity index (χ3v) is 4.85. The van der Waals surface area contributed by atoms with E-state index in [1.54, 1.807) is 6.92 Å². The molecule has 0 radical (unpaired) electrons. The summed E-state index contributed by atoms with van der Waals surface area (Å²) in [5.41, 5.74) is 0. The highest BCUT2D eigenvalue weighted by molar-refractivity contribution is 7.86. The van der Waals surface area contributed by atoms with Crippen LogP contribution in [0.1, 0.15) is 78.6 Å². The molecule has 0 aliphatic rings. The maximum atomic E-state index is 10.8. The van der Waals surface area contributed by atoms with Crippen molar-refractivity contribution in [2.24, 2.45) is 5.92 Å². The van der Waals surface area contributed by atoms with E-state index in [1.807, 2.05) is 0 Å². The minimum Gasteiger partial charge on any atom is -0.285 e. The van der Waals surface area contributed by atoms with Crippen LogP contribution in [0.15, 0.2) is 0 Å². The monoisotopic (exact) mass is 278 g/mol. The molecule has 0 aliphatic carbocycles. The van der Waals surface area contributed by atoms with Crippen LogP contribution in [0.2, 0.25) is 0 Å². The third kappa shape index (κ3) is 9.89. The second kappa shape index (κ2) is 9.79. The zero-order valence-electron chi connectivity index (χ0n) is 12.2. The van der Waals surface area contributed by atoms with Gasteiger partial charge >= 0.3 is 0 Å². The average molecular weight is 278 g/mol. The number of hydrogen-bond acceptors (Lipinski definition) is 2. The van der Waals surface area contributed by atoms with E-state index in [4.69, 9.17) is 4.55 Å². The van der Waals surface area contributed by atoms with Crippen LogP contribution in [0.5, 0.6) is 0 Å². The van der Waals surface area contributed by atoms with Crippen molar-refractivity contribution in [3.63, 3.8) is 0 Å². The summed E-state index contributed by atoms with van der Waals surface area (Å²) in [6, 6.07) is 0. The van der Waals surface area contributed by atoms with Gasteiger partial charge in [-0.15, -0.1) is 0 Å². The van der Waals surface area contributed by atoms with E-state index < -0.39 is 15.4 Å². The quantitative estimate of drug-likeness (QED) is 0.449. The van der Waals surface area contributed by atoms with Gasteiger partial charge < -0.3 is 0 Å². The Balaban J connectivity index is 3.37. The predicted octanol–water partition coefficient (Wildman–Crippen LogP) is 4.43. The molecule has 0 spiro atoms. The van der Waals surface area contributed by atoms with Crippen molar-refractivity contribution in [3.8, 4) is 0 Å². The summed E-state index contributed by atoms with van der Waals surface area (Å²) in [5, 5.41) is -0.609. The van der Waals surface area contributed by atoms with Crippen LogP contribution in [0, 0.1) is 5.92 Å². The smallest absolute Gasteiger partial charge is 0.267 e. The van der Waals surface area contributed by atoms with E-state index in [0.29, 0.717) is 6.42 Å². The first kappa shape index (κ1) is 17.9. The Morgan fingerprint density at radius 2 is 1.39 bits per heavy atom. The molecule has 18 heavy (non-hydrogen) atoms. The van der Waals surface area contributed by atoms with Gasteiger partial charge in [-0.3, -0.25) is 4.55 Å². The van der Waals surface area contributed by atoms with E-state index in [1.165, 1.54) is 38.5 Å². The van der Waals surface area contributed by atoms with Crippen LogP contribution < -0.4 is 0 Å². The van der Waals surface area contributed by atoms with Crippen LogP contribution in [-0.2, 0) is 10.1 Å². The summed E-state index contributed by atoms with van der Waals surface area (Å²) in [7, 11) is -3.82. The maximum absolute atomic E-state index is 10.8. The van der Waals surface area contributed by atoms with Gasteiger partial charge in [0.15, 0.2) is 0 Å². The van der Waals surface area contributed by atoms with Crippen LogP contribution >= 0.6 is 0 Å². The van der Waals surface area contributed by atoms with Gasteiger partial charge in [0.1, 0.15) is 0 Å². The van der Waals surface area contributed by atoms with Crippen LogP contribution in [-0.4, -0.2) is 18.2 Å². The Hall–Kier alpha value is -0.0900. The molecule has 1 N–H and O–H groups in total. The van der Waals surface area contributed by atoms with Crippen molar-refractivity contribution < 1.29 is 13.0 Å². The Kier molecular flexibility index (Phi) is 9.74. The van der Waals surface area contributed by atoms with E-state index in [-0.39, 0.29) is 0 Å². The van der Waals surface area contributed by atoms with E-state index in [9.17, 15) is 8.42 Å². The molecule has 110 valence electrons. The lowest BCUT2D eigenvalue weighted by Gasteiger charge is -2.10. The van der Waals surface area contributed by atoms with Gasteiger partial charge in [0.2, 0.25) is 0 Å². The van der Waals surface area contributed by atoms with Gasteiger partial charge in [0.25, 0.3) is 10.1 Å². The highest BCUT2D eigenvalue weighted by atomic mass is 32.2. The summed E-state index contributed by atoms with van der Waals surface area (Å²) in [5.74, 6) is 0.842. The molecule has 0 fully saturated rings. The minimum atomic E-state index is -3.82. The first-order valence-electron chi connectivity index (χ1n) is 7.34. The number of rotatable bonds is 11. The highest BCUT2D eigenvalue weighted by Crippen LogP contribution is 2.16. The van der Waals surface area contributed by atoms with Crippen LogP contribution in [0.3, 0.4) is 0 Å². The summed E-state index contributed by atoms with van der Waals surface area (Å²) < 4.78 is 30.4. The molecule has 0 aliphatic heterocycles. The van der Waals surface area contributed by atoms with E-state index in [2.05, 4.69) is 13.8 Å².